The summed E-state index contributed by atoms with van der Waals surface area (Å²) in [6.07, 6.45) is 0.666. The van der Waals surface area contributed by atoms with E-state index in [1.807, 2.05) is 24.3 Å². The number of H-pyrrole nitrogens is 1. The summed E-state index contributed by atoms with van der Waals surface area (Å²) in [6, 6.07) is 17.4. The summed E-state index contributed by atoms with van der Waals surface area (Å²) in [5.74, 6) is -2.56. The fourth-order valence-electron chi connectivity index (χ4n) is 3.80. The number of nitrogens with one attached hydrogen (secondary N) is 3. The Morgan fingerprint density at radius 2 is 1.76 bits per heavy atom. The summed E-state index contributed by atoms with van der Waals surface area (Å²) in [5, 5.41) is 37.4. The molecule has 0 atom stereocenters. The molecular weight excluding hydrogens is 457 g/mol. The number of aliphatic hydroxyl groups is 2. The molecule has 0 amide bonds. The lowest BCUT2D eigenvalue weighted by molar-refractivity contribution is -0.164. The van der Waals surface area contributed by atoms with Gasteiger partial charge in [-0.15, -0.1) is 0 Å². The molecule has 3 aromatic carbocycles. The van der Waals surface area contributed by atoms with Crippen molar-refractivity contribution < 1.29 is 19.7 Å². The van der Waals surface area contributed by atoms with Crippen LogP contribution in [0.3, 0.4) is 0 Å². The summed E-state index contributed by atoms with van der Waals surface area (Å²) >= 11 is 0.818. The summed E-state index contributed by atoms with van der Waals surface area (Å²) in [7, 11) is 0. The molecule has 1 aromatic heterocycles. The summed E-state index contributed by atoms with van der Waals surface area (Å²) in [4.78, 5) is 13.8. The van der Waals surface area contributed by atoms with Crippen molar-refractivity contribution in [3.63, 3.8) is 0 Å². The minimum atomic E-state index is -2.21. The number of benzene rings is 3. The first-order chi connectivity index (χ1) is 16.3. The molecule has 4 aromatic rings. The molecule has 6 N–H and O–H groups in total. The molecule has 0 aliphatic heterocycles. The van der Waals surface area contributed by atoms with Gasteiger partial charge in [0.25, 0.3) is 0 Å². The molecule has 0 fully saturated rings. The number of aromatic amines is 1. The number of thiazole rings is 1. The monoisotopic (exact) mass is 483 g/mol. The van der Waals surface area contributed by atoms with E-state index in [-0.39, 0.29) is 34.1 Å². The lowest BCUT2D eigenvalue weighted by Gasteiger charge is -2.23. The molecule has 7 nitrogen and oxygen atoms in total. The van der Waals surface area contributed by atoms with Crippen molar-refractivity contribution in [1.82, 2.24) is 15.6 Å². The molecule has 0 unspecified atom stereocenters. The van der Waals surface area contributed by atoms with Crippen molar-refractivity contribution in [2.75, 3.05) is 13.1 Å². The van der Waals surface area contributed by atoms with Crippen molar-refractivity contribution in [3.05, 3.63) is 98.4 Å². The highest BCUT2D eigenvalue weighted by Crippen LogP contribution is 2.32. The van der Waals surface area contributed by atoms with Gasteiger partial charge in [0.05, 0.1) is 11.2 Å². The Kier molecular flexibility index (Phi) is 7.40. The fourth-order valence-corrected chi connectivity index (χ4v) is 4.74. The smallest absolute Gasteiger partial charge is 0.305 e. The lowest BCUT2D eigenvalue weighted by Crippen LogP contribution is -2.38. The SMILES string of the molecule is O=c1[nH]c2c(O)ccc(C(O)(O)CNCCc3cccc(CNCc4ccccc4F)c3)c2s1. The van der Waals surface area contributed by atoms with E-state index in [2.05, 4.69) is 21.7 Å². The third-order valence-corrected chi connectivity index (χ3v) is 6.46. The number of phenols is 1. The molecule has 0 saturated carbocycles. The molecule has 9 heteroatoms. The Hall–Kier alpha value is -3.08. The predicted molar refractivity (Wildman–Crippen MR) is 130 cm³/mol. The maximum atomic E-state index is 13.7. The number of halogens is 1. The van der Waals surface area contributed by atoms with Crippen molar-refractivity contribution >= 4 is 21.6 Å². The van der Waals surface area contributed by atoms with Crippen LogP contribution < -0.4 is 15.5 Å². The standard InChI is InChI=1S/C25H26FN3O4S/c26-20-7-2-1-6-18(20)14-28-13-17-5-3-4-16(12-17)10-11-27-15-25(32,33)19-8-9-21(30)22-23(19)34-24(31)29-22/h1-9,12,27-28,30,32-33H,10-11,13-15H2,(H,29,31). The zero-order valence-electron chi connectivity index (χ0n) is 18.3. The highest BCUT2D eigenvalue weighted by atomic mass is 32.1. The van der Waals surface area contributed by atoms with Crippen LogP contribution in [0.2, 0.25) is 0 Å². The van der Waals surface area contributed by atoms with Gasteiger partial charge in [-0.25, -0.2) is 4.39 Å². The minimum absolute atomic E-state index is 0.121. The van der Waals surface area contributed by atoms with Crippen molar-refractivity contribution in [2.24, 2.45) is 0 Å². The molecule has 178 valence electrons. The second-order valence-corrected chi connectivity index (χ2v) is 9.09. The summed E-state index contributed by atoms with van der Waals surface area (Å²) in [5.41, 5.74) is 3.12. The number of rotatable bonds is 10. The molecule has 0 saturated heterocycles. The van der Waals surface area contributed by atoms with Crippen LogP contribution in [0.1, 0.15) is 22.3 Å². The van der Waals surface area contributed by atoms with Crippen molar-refractivity contribution in [1.29, 1.82) is 0 Å². The molecule has 0 bridgehead atoms. The van der Waals surface area contributed by atoms with E-state index in [1.54, 1.807) is 12.1 Å². The Morgan fingerprint density at radius 1 is 0.971 bits per heavy atom. The van der Waals surface area contributed by atoms with Gasteiger partial charge in [0, 0.05) is 24.2 Å². The number of fused-ring (bicyclic) bond motifs is 1. The number of aromatic hydroxyl groups is 1. The molecule has 1 heterocycles. The van der Waals surface area contributed by atoms with E-state index < -0.39 is 5.79 Å². The molecule has 0 spiro atoms. The molecule has 0 aliphatic rings. The molecule has 0 radical (unpaired) electrons. The quantitative estimate of drug-likeness (QED) is 0.153. The van der Waals surface area contributed by atoms with E-state index in [4.69, 9.17) is 0 Å². The molecular formula is C25H26FN3O4S. The minimum Gasteiger partial charge on any atom is -0.506 e. The normalized spacial score (nSPS) is 11.9. The molecule has 34 heavy (non-hydrogen) atoms. The topological polar surface area (TPSA) is 118 Å². The Labute approximate surface area is 199 Å². The third-order valence-electron chi connectivity index (χ3n) is 5.54. The lowest BCUT2D eigenvalue weighted by atomic mass is 10.0. The number of hydrogen-bond donors (Lipinski definition) is 6. The second-order valence-electron chi connectivity index (χ2n) is 8.11. The van der Waals surface area contributed by atoms with E-state index in [0.29, 0.717) is 36.3 Å². The number of aromatic nitrogens is 1. The van der Waals surface area contributed by atoms with E-state index in [9.17, 15) is 24.5 Å². The van der Waals surface area contributed by atoms with Gasteiger partial charge in [-0.05, 0) is 42.3 Å². The van der Waals surface area contributed by atoms with Crippen LogP contribution in [-0.4, -0.2) is 33.4 Å². The van der Waals surface area contributed by atoms with Gasteiger partial charge in [-0.2, -0.15) is 0 Å². The highest BCUT2D eigenvalue weighted by molar-refractivity contribution is 7.16. The van der Waals surface area contributed by atoms with Crippen LogP contribution in [-0.2, 0) is 25.3 Å². The maximum Gasteiger partial charge on any atom is 0.305 e. The zero-order valence-corrected chi connectivity index (χ0v) is 19.2. The first kappa shape index (κ1) is 24.1. The first-order valence-electron chi connectivity index (χ1n) is 10.9. The van der Waals surface area contributed by atoms with Crippen LogP contribution in [0, 0.1) is 5.82 Å². The van der Waals surface area contributed by atoms with E-state index in [0.717, 1.165) is 22.5 Å². The largest absolute Gasteiger partial charge is 0.506 e. The second kappa shape index (κ2) is 10.5. The third kappa shape index (κ3) is 5.69. The number of phenolic OH excluding ortho intramolecular Hbond substituents is 1. The highest BCUT2D eigenvalue weighted by Gasteiger charge is 2.29. The first-order valence-corrected chi connectivity index (χ1v) is 11.7. The van der Waals surface area contributed by atoms with Gasteiger partial charge in [-0.3, -0.25) is 4.79 Å². The average Bonchev–Trinajstić information content (AvgIpc) is 3.20. The molecule has 4 rings (SSSR count). The predicted octanol–water partition coefficient (Wildman–Crippen LogP) is 2.69. The van der Waals surface area contributed by atoms with Gasteiger partial charge in [-0.1, -0.05) is 53.8 Å². The van der Waals surface area contributed by atoms with Gasteiger partial charge < -0.3 is 30.9 Å². The van der Waals surface area contributed by atoms with Gasteiger partial charge in [0.15, 0.2) is 0 Å². The van der Waals surface area contributed by atoms with Crippen LogP contribution in [0.15, 0.2) is 65.5 Å². The van der Waals surface area contributed by atoms with Gasteiger partial charge >= 0.3 is 4.87 Å². The molecule has 0 aliphatic carbocycles. The number of hydrogen-bond acceptors (Lipinski definition) is 7. The van der Waals surface area contributed by atoms with Crippen LogP contribution in [0.5, 0.6) is 5.75 Å². The Morgan fingerprint density at radius 3 is 2.59 bits per heavy atom. The maximum absolute atomic E-state index is 13.7. The van der Waals surface area contributed by atoms with E-state index >= 15 is 0 Å². The van der Waals surface area contributed by atoms with Crippen LogP contribution in [0.25, 0.3) is 10.2 Å². The van der Waals surface area contributed by atoms with Crippen molar-refractivity contribution in [3.8, 4) is 5.75 Å². The van der Waals surface area contributed by atoms with Crippen LogP contribution in [0.4, 0.5) is 4.39 Å². The van der Waals surface area contributed by atoms with Gasteiger partial charge in [0.1, 0.15) is 17.1 Å². The Balaban J connectivity index is 1.29. The summed E-state index contributed by atoms with van der Waals surface area (Å²) in [6.45, 7) is 1.39. The van der Waals surface area contributed by atoms with Crippen molar-refractivity contribution in [2.45, 2.75) is 25.3 Å². The zero-order chi connectivity index (χ0) is 24.1. The van der Waals surface area contributed by atoms with E-state index in [1.165, 1.54) is 18.2 Å². The summed E-state index contributed by atoms with van der Waals surface area (Å²) < 4.78 is 14.0. The average molecular weight is 484 g/mol. The Bertz CT molecular complexity index is 1340. The fraction of sp³-hybridized carbons (Fsp3) is 0.240. The van der Waals surface area contributed by atoms with Gasteiger partial charge in [0.2, 0.25) is 5.79 Å². The van der Waals surface area contributed by atoms with Crippen LogP contribution >= 0.6 is 11.3 Å².